The number of ketones is 1. The van der Waals surface area contributed by atoms with E-state index in [2.05, 4.69) is 0 Å². The highest BCUT2D eigenvalue weighted by Gasteiger charge is 2.52. The molecule has 17 unspecified atom stereocenters. The molecule has 3 aliphatic rings. The van der Waals surface area contributed by atoms with Crippen LogP contribution in [0.2, 0.25) is 0 Å². The molecule has 3 heterocycles. The Hall–Kier alpha value is -1.30. The number of hydrogen-bond acceptors (Lipinski definition) is 14. The molecule has 0 radical (unpaired) electrons. The van der Waals surface area contributed by atoms with Gasteiger partial charge in [-0.1, -0.05) is 20.8 Å². The SMILES string of the molecule is CCC1OC(=O)C(C)C(OC2CC(C)(OC)C(O)C(C)O2)C(C)C(OC2OC(C)CC(=O)C2O)C(C)(O)CC(C)CN(C)C(C)C(O)C1(C)O. The lowest BCUT2D eigenvalue weighted by Crippen LogP contribution is -2.59. The second-order valence-corrected chi connectivity index (χ2v) is 16.0. The van der Waals surface area contributed by atoms with Gasteiger partial charge in [0.25, 0.3) is 0 Å². The molecule has 0 saturated carbocycles. The number of ether oxygens (including phenoxy) is 6. The smallest absolute Gasteiger partial charge is 0.311 e. The number of esters is 1. The van der Waals surface area contributed by atoms with Crippen LogP contribution in [0.4, 0.5) is 0 Å². The van der Waals surface area contributed by atoms with Crippen molar-refractivity contribution in [1.82, 2.24) is 4.90 Å². The molecule has 17 atom stereocenters. The first kappa shape index (κ1) is 43.1. The third kappa shape index (κ3) is 9.43. The number of rotatable bonds is 6. The van der Waals surface area contributed by atoms with Crippen LogP contribution in [0.25, 0.3) is 0 Å². The molecular formula is C36H65NO13. The van der Waals surface area contributed by atoms with Gasteiger partial charge in [-0.15, -0.1) is 0 Å². The molecule has 0 spiro atoms. The summed E-state index contributed by atoms with van der Waals surface area (Å²) in [5, 5.41) is 57.1. The summed E-state index contributed by atoms with van der Waals surface area (Å²) < 4.78 is 36.6. The number of aliphatic hydroxyl groups excluding tert-OH is 3. The molecule has 0 amide bonds. The first-order chi connectivity index (χ1) is 23.0. The molecule has 3 saturated heterocycles. The molecule has 0 aromatic rings. The van der Waals surface area contributed by atoms with Crippen molar-refractivity contribution in [1.29, 1.82) is 0 Å². The van der Waals surface area contributed by atoms with Crippen LogP contribution in [0.5, 0.6) is 0 Å². The maximum Gasteiger partial charge on any atom is 0.311 e. The van der Waals surface area contributed by atoms with E-state index in [1.54, 1.807) is 62.4 Å². The maximum absolute atomic E-state index is 14.1. The average Bonchev–Trinajstić information content (AvgIpc) is 3.03. The summed E-state index contributed by atoms with van der Waals surface area (Å²) in [5.74, 6) is -3.28. The Bertz CT molecular complexity index is 1140. The minimum absolute atomic E-state index is 0.00332. The largest absolute Gasteiger partial charge is 0.459 e. The van der Waals surface area contributed by atoms with Crippen LogP contribution in [0.1, 0.15) is 94.9 Å². The molecule has 14 heteroatoms. The third-order valence-corrected chi connectivity index (χ3v) is 11.4. The zero-order valence-corrected chi connectivity index (χ0v) is 32.1. The Balaban J connectivity index is 2.16. The molecule has 0 aromatic carbocycles. The highest BCUT2D eigenvalue weighted by atomic mass is 16.7. The number of hydrogen-bond donors (Lipinski definition) is 5. The summed E-state index contributed by atoms with van der Waals surface area (Å²) >= 11 is 0. The van der Waals surface area contributed by atoms with Crippen molar-refractivity contribution in [2.45, 2.75) is 179 Å². The van der Waals surface area contributed by atoms with Crippen LogP contribution in [0.3, 0.4) is 0 Å². The zero-order chi connectivity index (χ0) is 38.1. The highest BCUT2D eigenvalue weighted by molar-refractivity contribution is 5.84. The van der Waals surface area contributed by atoms with Crippen molar-refractivity contribution in [3.8, 4) is 0 Å². The van der Waals surface area contributed by atoms with Crippen molar-refractivity contribution in [3.63, 3.8) is 0 Å². The number of Topliss-reactive ketones (excluding diaryl/α,β-unsaturated/α-hetero) is 1. The van der Waals surface area contributed by atoms with E-state index in [0.717, 1.165) is 0 Å². The van der Waals surface area contributed by atoms with Gasteiger partial charge < -0.3 is 58.9 Å². The molecular weight excluding hydrogens is 654 g/mol. The van der Waals surface area contributed by atoms with E-state index in [9.17, 15) is 35.1 Å². The summed E-state index contributed by atoms with van der Waals surface area (Å²) in [5.41, 5.74) is -4.52. The van der Waals surface area contributed by atoms with Crippen LogP contribution in [0, 0.1) is 17.8 Å². The van der Waals surface area contributed by atoms with Gasteiger partial charge in [0.05, 0.1) is 41.5 Å². The number of cyclic esters (lactones) is 1. The fraction of sp³-hybridized carbons (Fsp3) is 0.944. The van der Waals surface area contributed by atoms with Crippen LogP contribution in [0.15, 0.2) is 0 Å². The zero-order valence-electron chi connectivity index (χ0n) is 32.1. The third-order valence-electron chi connectivity index (χ3n) is 11.4. The Kier molecular flexibility index (Phi) is 14.5. The van der Waals surface area contributed by atoms with Gasteiger partial charge in [-0.3, -0.25) is 9.59 Å². The summed E-state index contributed by atoms with van der Waals surface area (Å²) in [4.78, 5) is 28.6. The number of carbonyl (C=O) groups excluding carboxylic acids is 2. The van der Waals surface area contributed by atoms with Crippen LogP contribution >= 0.6 is 0 Å². The van der Waals surface area contributed by atoms with Gasteiger partial charge in [0, 0.05) is 38.5 Å². The average molecular weight is 720 g/mol. The van der Waals surface area contributed by atoms with Gasteiger partial charge in [0.15, 0.2) is 24.5 Å². The van der Waals surface area contributed by atoms with Gasteiger partial charge in [0.2, 0.25) is 0 Å². The Morgan fingerprint density at radius 2 is 1.54 bits per heavy atom. The maximum atomic E-state index is 14.1. The first-order valence-corrected chi connectivity index (χ1v) is 18.1. The van der Waals surface area contributed by atoms with Crippen molar-refractivity contribution >= 4 is 11.8 Å². The Morgan fingerprint density at radius 1 is 0.920 bits per heavy atom. The predicted octanol–water partition coefficient (Wildman–Crippen LogP) is 1.54. The van der Waals surface area contributed by atoms with Crippen LogP contribution < -0.4 is 0 Å². The molecule has 5 N–H and O–H groups in total. The van der Waals surface area contributed by atoms with Gasteiger partial charge in [0.1, 0.15) is 23.9 Å². The fourth-order valence-electron chi connectivity index (χ4n) is 8.10. The molecule has 3 fully saturated rings. The Labute approximate surface area is 297 Å². The number of likely N-dealkylation sites (N-methyl/N-ethyl adjacent to an activating group) is 1. The van der Waals surface area contributed by atoms with E-state index in [1.165, 1.54) is 14.0 Å². The molecule has 0 bridgehead atoms. The summed E-state index contributed by atoms with van der Waals surface area (Å²) in [6.07, 6.45) is -10.4. The first-order valence-electron chi connectivity index (χ1n) is 18.1. The van der Waals surface area contributed by atoms with Crippen molar-refractivity contribution in [2.24, 2.45) is 17.8 Å². The minimum Gasteiger partial charge on any atom is -0.459 e. The van der Waals surface area contributed by atoms with Crippen molar-refractivity contribution in [3.05, 3.63) is 0 Å². The second kappa shape index (κ2) is 16.8. The van der Waals surface area contributed by atoms with E-state index in [0.29, 0.717) is 6.54 Å². The predicted molar refractivity (Wildman–Crippen MR) is 182 cm³/mol. The number of aliphatic hydroxyl groups is 5. The highest BCUT2D eigenvalue weighted by Crippen LogP contribution is 2.39. The lowest BCUT2D eigenvalue weighted by atomic mass is 9.77. The molecule has 50 heavy (non-hydrogen) atoms. The summed E-state index contributed by atoms with van der Waals surface area (Å²) in [6.45, 7) is 17.3. The molecule has 14 nitrogen and oxygen atoms in total. The summed E-state index contributed by atoms with van der Waals surface area (Å²) in [6, 6.07) is -0.566. The van der Waals surface area contributed by atoms with E-state index < -0.39 is 108 Å². The second-order valence-electron chi connectivity index (χ2n) is 16.0. The summed E-state index contributed by atoms with van der Waals surface area (Å²) in [7, 11) is 3.28. The van der Waals surface area contributed by atoms with Crippen molar-refractivity contribution < 1.29 is 63.5 Å². The van der Waals surface area contributed by atoms with Gasteiger partial charge in [-0.25, -0.2) is 0 Å². The Morgan fingerprint density at radius 3 is 2.12 bits per heavy atom. The lowest BCUT2D eigenvalue weighted by molar-refractivity contribution is -0.311. The molecule has 3 aliphatic heterocycles. The van der Waals surface area contributed by atoms with E-state index in [-0.39, 0.29) is 31.6 Å². The van der Waals surface area contributed by atoms with Gasteiger partial charge in [-0.05, 0) is 74.3 Å². The minimum atomic E-state index is -1.82. The van der Waals surface area contributed by atoms with E-state index in [4.69, 9.17) is 28.4 Å². The topological polar surface area (TPSA) is 194 Å². The quantitative estimate of drug-likeness (QED) is 0.248. The van der Waals surface area contributed by atoms with Crippen LogP contribution in [-0.2, 0) is 38.0 Å². The van der Waals surface area contributed by atoms with Crippen molar-refractivity contribution in [2.75, 3.05) is 20.7 Å². The lowest BCUT2D eigenvalue weighted by Gasteiger charge is -2.48. The molecule has 292 valence electrons. The molecule has 0 aliphatic carbocycles. The number of methoxy groups -OCH3 is 1. The van der Waals surface area contributed by atoms with Gasteiger partial charge >= 0.3 is 5.97 Å². The normalized spacial score (nSPS) is 49.5. The monoisotopic (exact) mass is 719 g/mol. The van der Waals surface area contributed by atoms with Crippen LogP contribution in [-0.4, -0.2) is 147 Å². The molecule has 3 rings (SSSR count). The molecule has 0 aromatic heterocycles. The number of carbonyl (C=O) groups is 2. The van der Waals surface area contributed by atoms with E-state index >= 15 is 0 Å². The fourth-order valence-corrected chi connectivity index (χ4v) is 8.10. The van der Waals surface area contributed by atoms with E-state index in [1.807, 2.05) is 11.8 Å². The standard InChI is InChI=1S/C36H65NO13/c1-13-25-36(10,44)29(40)22(6)37(11)17-18(2)15-34(8,43)31(50-33-27(39)24(38)14-19(3)46-33)20(4)28(21(5)32(42)48-25)49-26-16-35(9,45-12)30(41)23(7)47-26/h18-23,25-31,33,39-41,43-44H,13-17H2,1-12H3. The van der Waals surface area contributed by atoms with Gasteiger partial charge in [-0.2, -0.15) is 0 Å². The number of nitrogens with zero attached hydrogens (tertiary/aromatic N) is 1.